The third-order valence-corrected chi connectivity index (χ3v) is 18.0. The molecule has 1 saturated heterocycles. The molecule has 9 nitrogen and oxygen atoms in total. The van der Waals surface area contributed by atoms with Crippen molar-refractivity contribution < 1.29 is 37.8 Å². The summed E-state index contributed by atoms with van der Waals surface area (Å²) >= 11 is 0. The van der Waals surface area contributed by atoms with Crippen LogP contribution in [0.15, 0.2) is 12.1 Å². The molecule has 0 radical (unpaired) electrons. The molecule has 264 valence electrons. The van der Waals surface area contributed by atoms with Crippen molar-refractivity contribution in [3.05, 3.63) is 23.3 Å². The molecule has 4 aliphatic rings. The smallest absolute Gasteiger partial charge is 0.496 e. The predicted molar refractivity (Wildman–Crippen MR) is 191 cm³/mol. The second-order valence-corrected chi connectivity index (χ2v) is 27.6. The van der Waals surface area contributed by atoms with Gasteiger partial charge in [0, 0.05) is 5.94 Å². The minimum absolute atomic E-state index is 0.0225. The van der Waals surface area contributed by atoms with Crippen LogP contribution in [0.2, 0.25) is 39.3 Å². The van der Waals surface area contributed by atoms with E-state index in [1.54, 1.807) is 26.8 Å². The van der Waals surface area contributed by atoms with Crippen LogP contribution in [0.4, 0.5) is 4.79 Å². The fourth-order valence-electron chi connectivity index (χ4n) is 8.58. The highest BCUT2D eigenvalue weighted by Gasteiger charge is 2.69. The van der Waals surface area contributed by atoms with Gasteiger partial charge in [-0.05, 0) is 82.3 Å². The third kappa shape index (κ3) is 7.82. The van der Waals surface area contributed by atoms with Crippen LogP contribution in [-0.4, -0.2) is 76.9 Å². The van der Waals surface area contributed by atoms with Gasteiger partial charge in [-0.15, -0.1) is 0 Å². The van der Waals surface area contributed by atoms with Crippen LogP contribution in [0.1, 0.15) is 90.1 Å². The van der Waals surface area contributed by atoms with Gasteiger partial charge in [-0.3, -0.25) is 0 Å². The Bertz CT molecular complexity index is 1310. The van der Waals surface area contributed by atoms with E-state index in [2.05, 4.69) is 64.3 Å². The maximum absolute atomic E-state index is 13.7. The number of hydrogen-bond acceptors (Lipinski definition) is 9. The van der Waals surface area contributed by atoms with E-state index in [9.17, 15) is 9.59 Å². The molecular weight excluding hydrogens is 629 g/mol. The maximum Gasteiger partial charge on any atom is 0.514 e. The van der Waals surface area contributed by atoms with Crippen molar-refractivity contribution in [3.63, 3.8) is 0 Å². The maximum atomic E-state index is 13.7. The summed E-state index contributed by atoms with van der Waals surface area (Å²) in [5.74, 6) is 0.636. The van der Waals surface area contributed by atoms with Crippen molar-refractivity contribution in [1.82, 2.24) is 4.23 Å². The van der Waals surface area contributed by atoms with E-state index in [1.807, 2.05) is 13.0 Å². The van der Waals surface area contributed by atoms with Gasteiger partial charge < -0.3 is 32.5 Å². The largest absolute Gasteiger partial charge is 0.514 e. The molecule has 3 saturated carbocycles. The minimum atomic E-state index is -1.98. The van der Waals surface area contributed by atoms with Gasteiger partial charge in [0.1, 0.15) is 33.4 Å². The molecule has 47 heavy (non-hydrogen) atoms. The molecule has 0 amide bonds. The van der Waals surface area contributed by atoms with Gasteiger partial charge >= 0.3 is 19.2 Å². The molecule has 1 aromatic rings. The molecule has 5 rings (SSSR count). The molecule has 2 bridgehead atoms. The van der Waals surface area contributed by atoms with E-state index in [1.165, 1.54) is 13.5 Å². The van der Waals surface area contributed by atoms with E-state index in [0.29, 0.717) is 30.2 Å². The van der Waals surface area contributed by atoms with E-state index in [0.717, 1.165) is 12.8 Å². The number of nitrogens with zero attached hydrogens (tertiary/aromatic N) is 1. The molecule has 1 aromatic carbocycles. The van der Waals surface area contributed by atoms with Gasteiger partial charge in [-0.25, -0.2) is 9.59 Å². The van der Waals surface area contributed by atoms with Crippen molar-refractivity contribution >= 4 is 35.7 Å². The predicted octanol–water partition coefficient (Wildman–Crippen LogP) is 8.12. The van der Waals surface area contributed by atoms with Crippen LogP contribution in [-0.2, 0) is 25.2 Å². The highest BCUT2D eigenvalue weighted by atomic mass is 28.4. The fraction of sp³-hybridized carbons (Fsp3) is 0.771. The van der Waals surface area contributed by atoms with Gasteiger partial charge in [0.05, 0.1) is 25.4 Å². The first kappa shape index (κ1) is 37.9. The van der Waals surface area contributed by atoms with Gasteiger partial charge in [0.15, 0.2) is 5.75 Å². The lowest BCUT2D eigenvalue weighted by Gasteiger charge is -2.64. The quantitative estimate of drug-likeness (QED) is 0.0934. The Morgan fingerprint density at radius 3 is 2.23 bits per heavy atom. The molecule has 1 aliphatic heterocycles. The lowest BCUT2D eigenvalue weighted by Crippen LogP contribution is -2.68. The molecule has 4 fully saturated rings. The van der Waals surface area contributed by atoms with Crippen molar-refractivity contribution in [2.24, 2.45) is 17.3 Å². The lowest BCUT2D eigenvalue weighted by atomic mass is 9.43. The molecule has 0 spiro atoms. The summed E-state index contributed by atoms with van der Waals surface area (Å²) in [6.45, 7) is 28.8. The van der Waals surface area contributed by atoms with E-state index in [-0.39, 0.29) is 46.7 Å². The molecule has 12 heteroatoms. The van der Waals surface area contributed by atoms with Crippen molar-refractivity contribution in [2.45, 2.75) is 143 Å². The average Bonchev–Trinajstić information content (AvgIpc) is 3.27. The SMILES string of the molecule is CCCCOC(=O)c1c(OC)ccc(C[C@@H](B2OC3C[C@@H]4C[C@@H](C4(C)C)[C@]3(C)O2)N([Si](C)(C)C)[Si](C)(C)C)c1OC(=O)OC(C)(C)C. The first-order chi connectivity index (χ1) is 21.5. The zero-order valence-electron chi connectivity index (χ0n) is 31.5. The first-order valence-electron chi connectivity index (χ1n) is 17.4. The third-order valence-electron chi connectivity index (χ3n) is 10.4. The van der Waals surface area contributed by atoms with Crippen LogP contribution in [0.25, 0.3) is 0 Å². The number of esters is 1. The Kier molecular flexibility index (Phi) is 10.9. The normalized spacial score (nSPS) is 25.9. The number of carbonyl (C=O) groups is 2. The molecule has 0 N–H and O–H groups in total. The zero-order valence-corrected chi connectivity index (χ0v) is 33.5. The Balaban J connectivity index is 1.84. The summed E-state index contributed by atoms with van der Waals surface area (Å²) in [7, 11) is -2.97. The fourth-order valence-corrected chi connectivity index (χ4v) is 19.0. The Hall–Kier alpha value is -1.86. The van der Waals surface area contributed by atoms with Gasteiger partial charge in [-0.1, -0.05) is 72.5 Å². The summed E-state index contributed by atoms with van der Waals surface area (Å²) in [5.41, 5.74) is -0.209. The number of methoxy groups -OCH3 is 1. The summed E-state index contributed by atoms with van der Waals surface area (Å²) in [6, 6.07) is 3.64. The molecule has 0 aromatic heterocycles. The average molecular weight is 690 g/mol. The van der Waals surface area contributed by atoms with E-state index in [4.69, 9.17) is 28.3 Å². The molecule has 1 unspecified atom stereocenters. The topological polar surface area (TPSA) is 92.8 Å². The second-order valence-electron chi connectivity index (χ2n) is 17.5. The summed E-state index contributed by atoms with van der Waals surface area (Å²) in [5, 5.41) is 0. The van der Waals surface area contributed by atoms with Crippen LogP contribution in [0, 0.1) is 17.3 Å². The Morgan fingerprint density at radius 2 is 1.70 bits per heavy atom. The van der Waals surface area contributed by atoms with Crippen LogP contribution in [0.3, 0.4) is 0 Å². The van der Waals surface area contributed by atoms with Crippen molar-refractivity contribution in [2.75, 3.05) is 13.7 Å². The zero-order chi connectivity index (χ0) is 35.3. The number of benzene rings is 1. The standard InChI is InChI=1S/C35H60BNO8Si2/c1-15-16-19-41-31(38)29-25(40-8)18-17-23(30(29)42-32(39)43-33(2,3)4)20-28(37(46(9,10)11)47(12,13)14)36-44-27-22-24-21-26(34(24,5)6)35(27,7)45-36/h17-18,24,26-28H,15-16,19-22H2,1-14H3/t24-,26-,27?,28-,35-/m0/s1. The molecule has 5 atom stereocenters. The number of rotatable bonds is 12. The van der Waals surface area contributed by atoms with Crippen LogP contribution < -0.4 is 9.47 Å². The van der Waals surface area contributed by atoms with Crippen molar-refractivity contribution in [3.8, 4) is 11.5 Å². The Morgan fingerprint density at radius 1 is 1.06 bits per heavy atom. The highest BCUT2D eigenvalue weighted by Crippen LogP contribution is 2.66. The lowest BCUT2D eigenvalue weighted by molar-refractivity contribution is -0.199. The van der Waals surface area contributed by atoms with Crippen LogP contribution in [0.5, 0.6) is 11.5 Å². The summed E-state index contributed by atoms with van der Waals surface area (Å²) in [6.07, 6.45) is 3.30. The number of carbonyl (C=O) groups excluding carboxylic acids is 2. The number of ether oxygens (including phenoxy) is 4. The van der Waals surface area contributed by atoms with Crippen molar-refractivity contribution in [1.29, 1.82) is 0 Å². The minimum Gasteiger partial charge on any atom is -0.496 e. The second kappa shape index (κ2) is 13.5. The van der Waals surface area contributed by atoms with Gasteiger partial charge in [-0.2, -0.15) is 0 Å². The molecule has 3 aliphatic carbocycles. The monoisotopic (exact) mass is 689 g/mol. The molecule has 1 heterocycles. The van der Waals surface area contributed by atoms with Gasteiger partial charge in [0.2, 0.25) is 0 Å². The molecular formula is C35H60BNO8Si2. The van der Waals surface area contributed by atoms with Crippen LogP contribution >= 0.6 is 0 Å². The Labute approximate surface area is 286 Å². The van der Waals surface area contributed by atoms with E-state index < -0.39 is 41.3 Å². The van der Waals surface area contributed by atoms with E-state index >= 15 is 0 Å². The first-order valence-corrected chi connectivity index (χ1v) is 24.3. The van der Waals surface area contributed by atoms with Gasteiger partial charge in [0.25, 0.3) is 0 Å². The number of hydrogen-bond donors (Lipinski definition) is 0. The number of unbranched alkanes of at least 4 members (excludes halogenated alkanes) is 1. The summed E-state index contributed by atoms with van der Waals surface area (Å²) < 4.78 is 39.7. The summed E-state index contributed by atoms with van der Waals surface area (Å²) in [4.78, 5) is 26.9. The highest BCUT2D eigenvalue weighted by molar-refractivity contribution is 6.90.